The van der Waals surface area contributed by atoms with Crippen LogP contribution in [0.1, 0.15) is 46.0 Å². The van der Waals surface area contributed by atoms with Crippen molar-refractivity contribution in [1.29, 1.82) is 0 Å². The predicted octanol–water partition coefficient (Wildman–Crippen LogP) is 2.32. The van der Waals surface area contributed by atoms with Crippen LogP contribution in [0.3, 0.4) is 0 Å². The summed E-state index contributed by atoms with van der Waals surface area (Å²) >= 11 is 0. The molecular formula is C10H19N. The molecule has 1 heteroatoms. The standard InChI is InChI=1S/C10H19N/c1-9-4-3-5-10(2,8-9)11-7-6-9/h11H,3-8H2,1-2H3. The molecule has 1 aliphatic carbocycles. The molecule has 0 amide bonds. The van der Waals surface area contributed by atoms with E-state index in [-0.39, 0.29) is 0 Å². The van der Waals surface area contributed by atoms with Gasteiger partial charge in [-0.2, -0.15) is 0 Å². The minimum atomic E-state index is 0.491. The average Bonchev–Trinajstić information content (AvgIpc) is 1.83. The van der Waals surface area contributed by atoms with Gasteiger partial charge in [-0.15, -0.1) is 0 Å². The molecule has 1 nitrogen and oxygen atoms in total. The molecule has 2 rings (SSSR count). The summed E-state index contributed by atoms with van der Waals surface area (Å²) in [5, 5.41) is 3.65. The summed E-state index contributed by atoms with van der Waals surface area (Å²) < 4.78 is 0. The second-order valence-electron chi connectivity index (χ2n) is 5.08. The van der Waals surface area contributed by atoms with E-state index < -0.39 is 0 Å². The third kappa shape index (κ3) is 1.31. The molecule has 1 saturated heterocycles. The minimum Gasteiger partial charge on any atom is -0.311 e. The quantitative estimate of drug-likeness (QED) is 0.563. The van der Waals surface area contributed by atoms with Crippen molar-refractivity contribution in [2.75, 3.05) is 6.54 Å². The normalized spacial score (nSPS) is 50.7. The van der Waals surface area contributed by atoms with E-state index in [0.717, 1.165) is 0 Å². The molecule has 2 atom stereocenters. The largest absolute Gasteiger partial charge is 0.311 e. The first-order valence-corrected chi connectivity index (χ1v) is 4.87. The molecule has 64 valence electrons. The van der Waals surface area contributed by atoms with Gasteiger partial charge in [0.15, 0.2) is 0 Å². The number of fused-ring (bicyclic) bond motifs is 2. The van der Waals surface area contributed by atoms with E-state index in [1.807, 2.05) is 0 Å². The highest BCUT2D eigenvalue weighted by Crippen LogP contribution is 2.45. The van der Waals surface area contributed by atoms with Crippen LogP contribution in [0.25, 0.3) is 0 Å². The predicted molar refractivity (Wildman–Crippen MR) is 47.6 cm³/mol. The Bertz CT molecular complexity index is 136. The molecule has 2 aliphatic rings. The van der Waals surface area contributed by atoms with Crippen molar-refractivity contribution in [2.45, 2.75) is 51.5 Å². The third-order valence-corrected chi connectivity index (χ3v) is 3.61. The van der Waals surface area contributed by atoms with Gasteiger partial charge in [-0.3, -0.25) is 0 Å². The van der Waals surface area contributed by atoms with Crippen molar-refractivity contribution in [3.8, 4) is 0 Å². The van der Waals surface area contributed by atoms with Gasteiger partial charge in [-0.05, 0) is 44.6 Å². The van der Waals surface area contributed by atoms with E-state index in [2.05, 4.69) is 19.2 Å². The maximum Gasteiger partial charge on any atom is 0.0158 e. The summed E-state index contributed by atoms with van der Waals surface area (Å²) in [4.78, 5) is 0. The van der Waals surface area contributed by atoms with E-state index >= 15 is 0 Å². The monoisotopic (exact) mass is 153 g/mol. The van der Waals surface area contributed by atoms with Gasteiger partial charge in [-0.1, -0.05) is 13.3 Å². The molecule has 1 saturated carbocycles. The van der Waals surface area contributed by atoms with Gasteiger partial charge in [0.1, 0.15) is 0 Å². The maximum absolute atomic E-state index is 3.65. The lowest BCUT2D eigenvalue weighted by Crippen LogP contribution is -2.54. The van der Waals surface area contributed by atoms with Crippen molar-refractivity contribution in [3.05, 3.63) is 0 Å². The summed E-state index contributed by atoms with van der Waals surface area (Å²) in [7, 11) is 0. The van der Waals surface area contributed by atoms with Crippen LogP contribution in [0.5, 0.6) is 0 Å². The first-order valence-electron chi connectivity index (χ1n) is 4.87. The van der Waals surface area contributed by atoms with Crippen molar-refractivity contribution in [2.24, 2.45) is 5.41 Å². The van der Waals surface area contributed by atoms with Gasteiger partial charge >= 0.3 is 0 Å². The topological polar surface area (TPSA) is 12.0 Å². The molecule has 0 aromatic rings. The van der Waals surface area contributed by atoms with Gasteiger partial charge in [0, 0.05) is 5.54 Å². The Labute approximate surface area is 69.6 Å². The highest BCUT2D eigenvalue weighted by molar-refractivity contribution is 4.99. The Morgan fingerprint density at radius 1 is 1.09 bits per heavy atom. The molecule has 0 aromatic heterocycles. The fourth-order valence-electron chi connectivity index (χ4n) is 3.05. The zero-order valence-electron chi connectivity index (χ0n) is 7.74. The van der Waals surface area contributed by atoms with Gasteiger partial charge in [0.25, 0.3) is 0 Å². The Kier molecular flexibility index (Phi) is 1.54. The Morgan fingerprint density at radius 3 is 2.55 bits per heavy atom. The van der Waals surface area contributed by atoms with Crippen molar-refractivity contribution < 1.29 is 0 Å². The van der Waals surface area contributed by atoms with Crippen LogP contribution < -0.4 is 5.32 Å². The van der Waals surface area contributed by atoms with Crippen molar-refractivity contribution in [3.63, 3.8) is 0 Å². The minimum absolute atomic E-state index is 0.491. The summed E-state index contributed by atoms with van der Waals surface area (Å²) in [6.07, 6.45) is 7.08. The number of nitrogens with one attached hydrogen (secondary N) is 1. The highest BCUT2D eigenvalue weighted by Gasteiger charge is 2.41. The van der Waals surface area contributed by atoms with Gasteiger partial charge in [0.2, 0.25) is 0 Å². The van der Waals surface area contributed by atoms with Crippen LogP contribution in [0, 0.1) is 5.41 Å². The molecule has 2 fully saturated rings. The number of piperidine rings is 1. The SMILES string of the molecule is CC12CCCC(C)(C1)NCC2. The molecule has 1 heterocycles. The van der Waals surface area contributed by atoms with Gasteiger partial charge in [0.05, 0.1) is 0 Å². The lowest BCUT2D eigenvalue weighted by molar-refractivity contribution is 0.0671. The molecule has 1 aliphatic heterocycles. The van der Waals surface area contributed by atoms with Crippen LogP contribution in [-0.2, 0) is 0 Å². The first kappa shape index (κ1) is 7.60. The Hall–Kier alpha value is -0.0400. The van der Waals surface area contributed by atoms with E-state index in [1.54, 1.807) is 0 Å². The van der Waals surface area contributed by atoms with Crippen LogP contribution in [0.2, 0.25) is 0 Å². The number of hydrogen-bond acceptors (Lipinski definition) is 1. The summed E-state index contributed by atoms with van der Waals surface area (Å²) in [6.45, 7) is 6.10. The zero-order chi connectivity index (χ0) is 7.95. The average molecular weight is 153 g/mol. The molecule has 0 radical (unpaired) electrons. The summed E-state index contributed by atoms with van der Waals surface area (Å²) in [6, 6.07) is 0. The molecular weight excluding hydrogens is 134 g/mol. The smallest absolute Gasteiger partial charge is 0.0158 e. The van der Waals surface area contributed by atoms with Crippen LogP contribution in [0.4, 0.5) is 0 Å². The second-order valence-corrected chi connectivity index (χ2v) is 5.08. The summed E-state index contributed by atoms with van der Waals surface area (Å²) in [5.41, 5.74) is 1.17. The number of hydrogen-bond donors (Lipinski definition) is 1. The van der Waals surface area contributed by atoms with Gasteiger partial charge < -0.3 is 5.32 Å². The molecule has 11 heavy (non-hydrogen) atoms. The molecule has 1 N–H and O–H groups in total. The van der Waals surface area contributed by atoms with Crippen LogP contribution in [-0.4, -0.2) is 12.1 Å². The number of rotatable bonds is 0. The van der Waals surface area contributed by atoms with Crippen LogP contribution >= 0.6 is 0 Å². The molecule has 2 unspecified atom stereocenters. The lowest BCUT2D eigenvalue weighted by atomic mass is 9.64. The first-order chi connectivity index (χ1) is 5.12. The van der Waals surface area contributed by atoms with E-state index in [0.29, 0.717) is 11.0 Å². The fraction of sp³-hybridized carbons (Fsp3) is 1.00. The van der Waals surface area contributed by atoms with Crippen molar-refractivity contribution in [1.82, 2.24) is 5.32 Å². The molecule has 2 bridgehead atoms. The molecule has 0 aromatic carbocycles. The Morgan fingerprint density at radius 2 is 1.91 bits per heavy atom. The summed E-state index contributed by atoms with van der Waals surface area (Å²) in [5.74, 6) is 0. The van der Waals surface area contributed by atoms with E-state index in [4.69, 9.17) is 0 Å². The maximum atomic E-state index is 3.65. The van der Waals surface area contributed by atoms with Crippen LogP contribution in [0.15, 0.2) is 0 Å². The van der Waals surface area contributed by atoms with Crippen molar-refractivity contribution >= 4 is 0 Å². The third-order valence-electron chi connectivity index (χ3n) is 3.61. The Balaban J connectivity index is 2.16. The lowest BCUT2D eigenvalue weighted by Gasteiger charge is -2.50. The molecule has 0 spiro atoms. The zero-order valence-corrected chi connectivity index (χ0v) is 7.74. The second kappa shape index (κ2) is 2.22. The van der Waals surface area contributed by atoms with E-state index in [1.165, 1.54) is 38.6 Å². The highest BCUT2D eigenvalue weighted by atomic mass is 15.0. The van der Waals surface area contributed by atoms with E-state index in [9.17, 15) is 0 Å². The fourth-order valence-corrected chi connectivity index (χ4v) is 3.05. The van der Waals surface area contributed by atoms with Gasteiger partial charge in [-0.25, -0.2) is 0 Å².